The van der Waals surface area contributed by atoms with Crippen LogP contribution in [0.4, 0.5) is 13.2 Å². The fourth-order valence-corrected chi connectivity index (χ4v) is 2.00. The SMILES string of the molecule is CCOC(=O)Cc1cc(C#N)c(CCl)c(C(F)(F)F)c1. The van der Waals surface area contributed by atoms with Gasteiger partial charge >= 0.3 is 12.1 Å². The lowest BCUT2D eigenvalue weighted by Crippen LogP contribution is -2.13. The van der Waals surface area contributed by atoms with Crippen molar-refractivity contribution in [3.63, 3.8) is 0 Å². The number of nitrogens with zero attached hydrogens (tertiary/aromatic N) is 1. The predicted octanol–water partition coefficient (Wildman–Crippen LogP) is 3.42. The molecule has 0 atom stereocenters. The minimum atomic E-state index is -4.64. The molecule has 0 N–H and O–H groups in total. The number of benzene rings is 1. The van der Waals surface area contributed by atoms with E-state index in [1.54, 1.807) is 13.0 Å². The van der Waals surface area contributed by atoms with Crippen LogP contribution in [-0.4, -0.2) is 12.6 Å². The summed E-state index contributed by atoms with van der Waals surface area (Å²) in [6.07, 6.45) is -4.96. The molecular weight excluding hydrogens is 295 g/mol. The Morgan fingerprint density at radius 2 is 2.10 bits per heavy atom. The molecule has 0 saturated heterocycles. The first kappa shape index (κ1) is 16.3. The highest BCUT2D eigenvalue weighted by molar-refractivity contribution is 6.17. The molecule has 7 heteroatoms. The summed E-state index contributed by atoms with van der Waals surface area (Å²) in [7, 11) is 0. The van der Waals surface area contributed by atoms with E-state index in [9.17, 15) is 18.0 Å². The number of hydrogen-bond donors (Lipinski definition) is 0. The number of carbonyl (C=O) groups is 1. The third-order valence-electron chi connectivity index (χ3n) is 2.52. The monoisotopic (exact) mass is 305 g/mol. The highest BCUT2D eigenvalue weighted by Crippen LogP contribution is 2.35. The van der Waals surface area contributed by atoms with Crippen LogP contribution in [0, 0.1) is 11.3 Å². The van der Waals surface area contributed by atoms with Crippen molar-refractivity contribution in [2.75, 3.05) is 6.61 Å². The first-order valence-electron chi connectivity index (χ1n) is 5.68. The highest BCUT2D eigenvalue weighted by Gasteiger charge is 2.34. The number of alkyl halides is 4. The van der Waals surface area contributed by atoms with Crippen molar-refractivity contribution in [3.05, 3.63) is 34.4 Å². The molecule has 0 saturated carbocycles. The fraction of sp³-hybridized carbons (Fsp3) is 0.385. The van der Waals surface area contributed by atoms with Gasteiger partial charge in [0.05, 0.1) is 30.2 Å². The van der Waals surface area contributed by atoms with Crippen LogP contribution in [0.2, 0.25) is 0 Å². The number of hydrogen-bond acceptors (Lipinski definition) is 3. The summed E-state index contributed by atoms with van der Waals surface area (Å²) in [6.45, 7) is 1.73. The minimum absolute atomic E-state index is 0.0705. The van der Waals surface area contributed by atoms with Gasteiger partial charge in [-0.25, -0.2) is 0 Å². The van der Waals surface area contributed by atoms with E-state index in [-0.39, 0.29) is 29.7 Å². The third kappa shape index (κ3) is 3.87. The smallest absolute Gasteiger partial charge is 0.416 e. The number of rotatable bonds is 4. The minimum Gasteiger partial charge on any atom is -0.466 e. The fourth-order valence-electron chi connectivity index (χ4n) is 1.71. The second-order valence-electron chi connectivity index (χ2n) is 3.89. The Hall–Kier alpha value is -1.74. The average molecular weight is 306 g/mol. The Kier molecular flexibility index (Phi) is 5.40. The van der Waals surface area contributed by atoms with Gasteiger partial charge in [0.25, 0.3) is 0 Å². The molecule has 0 unspecified atom stereocenters. The van der Waals surface area contributed by atoms with E-state index in [2.05, 4.69) is 4.74 Å². The number of halogens is 4. The molecular formula is C13H11ClF3NO2. The lowest BCUT2D eigenvalue weighted by molar-refractivity contribution is -0.142. The van der Waals surface area contributed by atoms with Crippen LogP contribution in [-0.2, 0) is 28.0 Å². The summed E-state index contributed by atoms with van der Waals surface area (Å²) in [4.78, 5) is 11.3. The molecule has 1 aromatic carbocycles. The summed E-state index contributed by atoms with van der Waals surface area (Å²) in [5.41, 5.74) is -1.39. The number of carbonyl (C=O) groups excluding carboxylic acids is 1. The maximum Gasteiger partial charge on any atom is 0.416 e. The van der Waals surface area contributed by atoms with Crippen molar-refractivity contribution in [1.82, 2.24) is 0 Å². The highest BCUT2D eigenvalue weighted by atomic mass is 35.5. The van der Waals surface area contributed by atoms with Gasteiger partial charge in [-0.2, -0.15) is 18.4 Å². The third-order valence-corrected chi connectivity index (χ3v) is 2.79. The van der Waals surface area contributed by atoms with Crippen molar-refractivity contribution >= 4 is 17.6 Å². The molecule has 0 spiro atoms. The van der Waals surface area contributed by atoms with E-state index in [0.29, 0.717) is 0 Å². The Morgan fingerprint density at radius 3 is 2.55 bits per heavy atom. The van der Waals surface area contributed by atoms with E-state index in [0.717, 1.165) is 6.07 Å². The largest absolute Gasteiger partial charge is 0.466 e. The van der Waals surface area contributed by atoms with Crippen LogP contribution in [0.1, 0.15) is 29.2 Å². The molecule has 0 bridgehead atoms. The quantitative estimate of drug-likeness (QED) is 0.632. The topological polar surface area (TPSA) is 50.1 Å². The van der Waals surface area contributed by atoms with E-state index in [1.807, 2.05) is 0 Å². The van der Waals surface area contributed by atoms with Gasteiger partial charge in [-0.05, 0) is 30.2 Å². The van der Waals surface area contributed by atoms with Gasteiger partial charge in [0.1, 0.15) is 0 Å². The zero-order valence-electron chi connectivity index (χ0n) is 10.6. The maximum absolute atomic E-state index is 12.9. The molecule has 0 aromatic heterocycles. The molecule has 108 valence electrons. The van der Waals surface area contributed by atoms with E-state index in [1.165, 1.54) is 6.07 Å². The lowest BCUT2D eigenvalue weighted by atomic mass is 9.97. The van der Waals surface area contributed by atoms with Crippen LogP contribution in [0.5, 0.6) is 0 Å². The van der Waals surface area contributed by atoms with Crippen molar-refractivity contribution in [2.24, 2.45) is 0 Å². The zero-order chi connectivity index (χ0) is 15.3. The number of ether oxygens (including phenoxy) is 1. The van der Waals surface area contributed by atoms with Crippen molar-refractivity contribution < 1.29 is 22.7 Å². The van der Waals surface area contributed by atoms with Gasteiger partial charge < -0.3 is 4.74 Å². The van der Waals surface area contributed by atoms with Crippen LogP contribution >= 0.6 is 11.6 Å². The van der Waals surface area contributed by atoms with E-state index >= 15 is 0 Å². The van der Waals surface area contributed by atoms with E-state index in [4.69, 9.17) is 16.9 Å². The molecule has 0 aliphatic rings. The van der Waals surface area contributed by atoms with Crippen molar-refractivity contribution in [3.8, 4) is 6.07 Å². The van der Waals surface area contributed by atoms with Crippen LogP contribution in [0.3, 0.4) is 0 Å². The number of nitriles is 1. The molecule has 0 heterocycles. The van der Waals surface area contributed by atoms with Gasteiger partial charge in [0.2, 0.25) is 0 Å². The first-order valence-corrected chi connectivity index (χ1v) is 6.21. The van der Waals surface area contributed by atoms with Crippen LogP contribution in [0.15, 0.2) is 12.1 Å². The van der Waals surface area contributed by atoms with Crippen molar-refractivity contribution in [1.29, 1.82) is 5.26 Å². The first-order chi connectivity index (χ1) is 9.33. The molecule has 20 heavy (non-hydrogen) atoms. The van der Waals surface area contributed by atoms with Gasteiger partial charge in [-0.1, -0.05) is 0 Å². The summed E-state index contributed by atoms with van der Waals surface area (Å²) in [5.74, 6) is -1.08. The Bertz CT molecular complexity index is 550. The molecule has 1 aromatic rings. The van der Waals surface area contributed by atoms with Gasteiger partial charge in [-0.15, -0.1) is 11.6 Å². The summed E-state index contributed by atoms with van der Waals surface area (Å²) in [6, 6.07) is 3.72. The average Bonchev–Trinajstić information content (AvgIpc) is 2.36. The normalized spacial score (nSPS) is 11.0. The van der Waals surface area contributed by atoms with Gasteiger partial charge in [0.15, 0.2) is 0 Å². The Labute approximate surface area is 118 Å². The number of esters is 1. The summed E-state index contributed by atoms with van der Waals surface area (Å²) < 4.78 is 43.5. The predicted molar refractivity (Wildman–Crippen MR) is 66.1 cm³/mol. The second kappa shape index (κ2) is 6.62. The maximum atomic E-state index is 12.9. The Balaban J connectivity index is 3.30. The summed E-state index contributed by atoms with van der Waals surface area (Å²) >= 11 is 5.49. The summed E-state index contributed by atoms with van der Waals surface area (Å²) in [5, 5.41) is 8.91. The standard InChI is InChI=1S/C13H11ClF3NO2/c1-2-20-12(19)5-8-3-9(7-18)10(6-14)11(4-8)13(15,16)17/h3-4H,2,5-6H2,1H3. The lowest BCUT2D eigenvalue weighted by Gasteiger charge is -2.14. The van der Waals surface area contributed by atoms with Crippen LogP contribution in [0.25, 0.3) is 0 Å². The molecule has 0 aliphatic heterocycles. The molecule has 0 radical (unpaired) electrons. The Morgan fingerprint density at radius 1 is 1.45 bits per heavy atom. The van der Waals surface area contributed by atoms with Crippen molar-refractivity contribution in [2.45, 2.75) is 25.4 Å². The molecule has 0 fully saturated rings. The van der Waals surface area contributed by atoms with Gasteiger partial charge in [0, 0.05) is 5.88 Å². The van der Waals surface area contributed by atoms with Crippen LogP contribution < -0.4 is 0 Å². The molecule has 1 rings (SSSR count). The van der Waals surface area contributed by atoms with E-state index < -0.39 is 23.6 Å². The molecule has 3 nitrogen and oxygen atoms in total. The molecule has 0 aliphatic carbocycles. The molecule has 0 amide bonds. The van der Waals surface area contributed by atoms with Gasteiger partial charge in [-0.3, -0.25) is 4.79 Å². The second-order valence-corrected chi connectivity index (χ2v) is 4.16. The zero-order valence-corrected chi connectivity index (χ0v) is 11.3.